The molecule has 1 atom stereocenters. The van der Waals surface area contributed by atoms with Crippen LogP contribution in [0.25, 0.3) is 0 Å². The number of pyridine rings is 1. The van der Waals surface area contributed by atoms with Crippen LogP contribution in [0.2, 0.25) is 0 Å². The summed E-state index contributed by atoms with van der Waals surface area (Å²) in [6.07, 6.45) is 2.14. The standard InChI is InChI=1S/C13H19BrN2O/c1-10-7-16(9-13(2,3)17-10)8-12-5-4-11(14)6-15-12/h4-6,10H,7-9H2,1-3H3. The normalized spacial score (nSPS) is 24.8. The van der Waals surface area contributed by atoms with E-state index in [0.717, 1.165) is 29.8 Å². The molecule has 0 aliphatic carbocycles. The van der Waals surface area contributed by atoms with Crippen molar-refractivity contribution >= 4 is 15.9 Å². The van der Waals surface area contributed by atoms with Gasteiger partial charge in [0.15, 0.2) is 0 Å². The van der Waals surface area contributed by atoms with E-state index in [2.05, 4.69) is 52.7 Å². The maximum absolute atomic E-state index is 5.89. The van der Waals surface area contributed by atoms with Gasteiger partial charge in [0.2, 0.25) is 0 Å². The molecule has 0 radical (unpaired) electrons. The summed E-state index contributed by atoms with van der Waals surface area (Å²) in [6, 6.07) is 4.11. The number of rotatable bonds is 2. The molecular weight excluding hydrogens is 280 g/mol. The fraction of sp³-hybridized carbons (Fsp3) is 0.615. The lowest BCUT2D eigenvalue weighted by Crippen LogP contribution is -2.51. The van der Waals surface area contributed by atoms with Crippen LogP contribution in [-0.4, -0.2) is 34.7 Å². The average molecular weight is 299 g/mol. The lowest BCUT2D eigenvalue weighted by Gasteiger charge is -2.41. The van der Waals surface area contributed by atoms with E-state index in [1.54, 1.807) is 0 Å². The lowest BCUT2D eigenvalue weighted by molar-refractivity contribution is -0.130. The summed E-state index contributed by atoms with van der Waals surface area (Å²) in [5.41, 5.74) is 1.05. The van der Waals surface area contributed by atoms with Crippen molar-refractivity contribution in [3.8, 4) is 0 Å². The van der Waals surface area contributed by atoms with Gasteiger partial charge in [-0.15, -0.1) is 0 Å². The molecule has 94 valence electrons. The molecule has 2 rings (SSSR count). The summed E-state index contributed by atoms with van der Waals surface area (Å²) in [7, 11) is 0. The largest absolute Gasteiger partial charge is 0.370 e. The zero-order valence-corrected chi connectivity index (χ0v) is 12.2. The molecule has 1 saturated heterocycles. The zero-order chi connectivity index (χ0) is 12.5. The minimum Gasteiger partial charge on any atom is -0.370 e. The first kappa shape index (κ1) is 13.0. The first-order valence-electron chi connectivity index (χ1n) is 5.95. The van der Waals surface area contributed by atoms with Crippen LogP contribution in [0.1, 0.15) is 26.5 Å². The Bertz CT molecular complexity index is 378. The van der Waals surface area contributed by atoms with Gasteiger partial charge in [-0.25, -0.2) is 0 Å². The summed E-state index contributed by atoms with van der Waals surface area (Å²) < 4.78 is 6.92. The molecule has 3 nitrogen and oxygen atoms in total. The quantitative estimate of drug-likeness (QED) is 0.839. The monoisotopic (exact) mass is 298 g/mol. The third-order valence-electron chi connectivity index (χ3n) is 2.81. The van der Waals surface area contributed by atoms with Gasteiger partial charge in [-0.1, -0.05) is 0 Å². The molecular formula is C13H19BrN2O. The van der Waals surface area contributed by atoms with Gasteiger partial charge in [0.1, 0.15) is 0 Å². The minimum atomic E-state index is -0.0625. The second-order valence-electron chi connectivity index (χ2n) is 5.33. The molecule has 4 heteroatoms. The van der Waals surface area contributed by atoms with Crippen LogP contribution in [-0.2, 0) is 11.3 Å². The number of ether oxygens (including phenoxy) is 1. The Hall–Kier alpha value is -0.450. The highest BCUT2D eigenvalue weighted by Gasteiger charge is 2.31. The van der Waals surface area contributed by atoms with Crippen LogP contribution in [0.3, 0.4) is 0 Å². The van der Waals surface area contributed by atoms with Crippen molar-refractivity contribution in [2.45, 2.75) is 39.0 Å². The van der Waals surface area contributed by atoms with Crippen molar-refractivity contribution in [2.75, 3.05) is 13.1 Å². The summed E-state index contributed by atoms with van der Waals surface area (Å²) in [6.45, 7) is 9.24. The Kier molecular flexibility index (Phi) is 3.85. The number of hydrogen-bond acceptors (Lipinski definition) is 3. The van der Waals surface area contributed by atoms with E-state index in [1.165, 1.54) is 0 Å². The lowest BCUT2D eigenvalue weighted by atomic mass is 10.1. The highest BCUT2D eigenvalue weighted by molar-refractivity contribution is 9.10. The predicted molar refractivity (Wildman–Crippen MR) is 71.8 cm³/mol. The zero-order valence-electron chi connectivity index (χ0n) is 10.6. The van der Waals surface area contributed by atoms with Gasteiger partial charge >= 0.3 is 0 Å². The number of hydrogen-bond donors (Lipinski definition) is 0. The molecule has 1 fully saturated rings. The van der Waals surface area contributed by atoms with Gasteiger partial charge in [0.25, 0.3) is 0 Å². The van der Waals surface area contributed by atoms with Crippen LogP contribution in [0.15, 0.2) is 22.8 Å². The number of aromatic nitrogens is 1. The van der Waals surface area contributed by atoms with Crippen molar-refractivity contribution < 1.29 is 4.74 Å². The maximum atomic E-state index is 5.89. The van der Waals surface area contributed by atoms with Gasteiger partial charge in [0.05, 0.1) is 17.4 Å². The molecule has 0 saturated carbocycles. The molecule has 1 aliphatic rings. The first-order chi connectivity index (χ1) is 7.94. The maximum Gasteiger partial charge on any atom is 0.0757 e. The molecule has 0 aromatic carbocycles. The van der Waals surface area contributed by atoms with E-state index in [1.807, 2.05) is 12.3 Å². The summed E-state index contributed by atoms with van der Waals surface area (Å²) in [5.74, 6) is 0. The highest BCUT2D eigenvalue weighted by Crippen LogP contribution is 2.22. The van der Waals surface area contributed by atoms with Crippen LogP contribution >= 0.6 is 15.9 Å². The van der Waals surface area contributed by atoms with Gasteiger partial charge in [-0.3, -0.25) is 9.88 Å². The van der Waals surface area contributed by atoms with Gasteiger partial charge < -0.3 is 4.74 Å². The fourth-order valence-corrected chi connectivity index (χ4v) is 2.67. The minimum absolute atomic E-state index is 0.0625. The molecule has 1 unspecified atom stereocenters. The molecule has 0 amide bonds. The molecule has 1 aliphatic heterocycles. The second kappa shape index (κ2) is 5.04. The smallest absolute Gasteiger partial charge is 0.0757 e. The molecule has 2 heterocycles. The van der Waals surface area contributed by atoms with Crippen molar-refractivity contribution in [1.29, 1.82) is 0 Å². The van der Waals surface area contributed by atoms with Crippen molar-refractivity contribution in [1.82, 2.24) is 9.88 Å². The molecule has 1 aromatic heterocycles. The molecule has 17 heavy (non-hydrogen) atoms. The second-order valence-corrected chi connectivity index (χ2v) is 6.24. The molecule has 0 bridgehead atoms. The van der Waals surface area contributed by atoms with Crippen LogP contribution in [0, 0.1) is 0 Å². The van der Waals surface area contributed by atoms with E-state index < -0.39 is 0 Å². The van der Waals surface area contributed by atoms with Gasteiger partial charge in [-0.2, -0.15) is 0 Å². The third kappa shape index (κ3) is 3.76. The SMILES string of the molecule is CC1CN(Cc2ccc(Br)cn2)CC(C)(C)O1. The Labute approximate surface area is 111 Å². The Morgan fingerprint density at radius 3 is 2.88 bits per heavy atom. The number of morpholine rings is 1. The summed E-state index contributed by atoms with van der Waals surface area (Å²) >= 11 is 3.40. The van der Waals surface area contributed by atoms with Crippen molar-refractivity contribution in [3.63, 3.8) is 0 Å². The van der Waals surface area contributed by atoms with E-state index in [0.29, 0.717) is 0 Å². The molecule has 1 aromatic rings. The van der Waals surface area contributed by atoms with Crippen molar-refractivity contribution in [3.05, 3.63) is 28.5 Å². The summed E-state index contributed by atoms with van der Waals surface area (Å²) in [5, 5.41) is 0. The number of halogens is 1. The molecule has 0 spiro atoms. The first-order valence-corrected chi connectivity index (χ1v) is 6.74. The van der Waals surface area contributed by atoms with Crippen LogP contribution in [0.5, 0.6) is 0 Å². The fourth-order valence-electron chi connectivity index (χ4n) is 2.44. The highest BCUT2D eigenvalue weighted by atomic mass is 79.9. The van der Waals surface area contributed by atoms with Crippen LogP contribution < -0.4 is 0 Å². The van der Waals surface area contributed by atoms with E-state index >= 15 is 0 Å². The Balaban J connectivity index is 2.01. The Morgan fingerprint density at radius 2 is 2.29 bits per heavy atom. The Morgan fingerprint density at radius 1 is 1.53 bits per heavy atom. The topological polar surface area (TPSA) is 25.4 Å². The average Bonchev–Trinajstić information content (AvgIpc) is 2.18. The van der Waals surface area contributed by atoms with Gasteiger partial charge in [-0.05, 0) is 48.8 Å². The van der Waals surface area contributed by atoms with Gasteiger partial charge in [0, 0.05) is 30.3 Å². The predicted octanol–water partition coefficient (Wildman–Crippen LogP) is 2.84. The molecule has 0 N–H and O–H groups in total. The van der Waals surface area contributed by atoms with Crippen molar-refractivity contribution in [2.24, 2.45) is 0 Å². The number of nitrogens with zero attached hydrogens (tertiary/aromatic N) is 2. The summed E-state index contributed by atoms with van der Waals surface area (Å²) in [4.78, 5) is 6.82. The van der Waals surface area contributed by atoms with Crippen LogP contribution in [0.4, 0.5) is 0 Å². The van der Waals surface area contributed by atoms with E-state index in [-0.39, 0.29) is 11.7 Å². The van der Waals surface area contributed by atoms with E-state index in [9.17, 15) is 0 Å². The van der Waals surface area contributed by atoms with E-state index in [4.69, 9.17) is 4.74 Å². The third-order valence-corrected chi connectivity index (χ3v) is 3.28.